The third-order valence-corrected chi connectivity index (χ3v) is 6.79. The maximum absolute atomic E-state index is 11.7. The number of aliphatic hydroxyl groups is 1. The highest BCUT2D eigenvalue weighted by molar-refractivity contribution is 7.99. The molecule has 0 saturated carbocycles. The summed E-state index contributed by atoms with van der Waals surface area (Å²) < 4.78 is 12.8. The minimum Gasteiger partial charge on any atom is -0.392 e. The number of benzene rings is 2. The van der Waals surface area contributed by atoms with Crippen LogP contribution in [0.1, 0.15) is 48.0 Å². The fourth-order valence-corrected chi connectivity index (χ4v) is 4.71. The molecule has 184 valence electrons. The van der Waals surface area contributed by atoms with Crippen LogP contribution in [0, 0.1) is 0 Å². The van der Waals surface area contributed by atoms with Gasteiger partial charge in [-0.1, -0.05) is 54.6 Å². The molecule has 1 aromatic heterocycles. The van der Waals surface area contributed by atoms with Crippen LogP contribution < -0.4 is 10.6 Å². The number of thioether (sulfide) groups is 1. The monoisotopic (exact) mass is 493 g/mol. The van der Waals surface area contributed by atoms with Gasteiger partial charge in [0, 0.05) is 37.0 Å². The van der Waals surface area contributed by atoms with Crippen molar-refractivity contribution in [2.45, 2.75) is 50.0 Å². The van der Waals surface area contributed by atoms with Crippen molar-refractivity contribution in [3.05, 3.63) is 95.2 Å². The molecule has 0 radical (unpaired) electrons. The summed E-state index contributed by atoms with van der Waals surface area (Å²) in [5, 5.41) is 15.9. The Labute approximate surface area is 210 Å². The lowest BCUT2D eigenvalue weighted by atomic mass is 10.0. The number of carbonyl (C=O) groups is 1. The first-order valence-corrected chi connectivity index (χ1v) is 12.8. The second-order valence-electron chi connectivity index (χ2n) is 8.28. The SMILES string of the molecule is CCNC(=O)NCc1ccc(C2O[C@H](CSc3ccccn3)C[C@H](c3ccc(CO)cc3)O2)cc1. The number of hydrogen-bond donors (Lipinski definition) is 3. The van der Waals surface area contributed by atoms with E-state index in [1.165, 1.54) is 0 Å². The van der Waals surface area contributed by atoms with Gasteiger partial charge < -0.3 is 25.2 Å². The Bertz CT molecular complexity index is 1060. The lowest BCUT2D eigenvalue weighted by Gasteiger charge is -2.36. The van der Waals surface area contributed by atoms with Crippen molar-refractivity contribution in [1.29, 1.82) is 0 Å². The van der Waals surface area contributed by atoms with Crippen molar-refractivity contribution in [3.63, 3.8) is 0 Å². The Hall–Kier alpha value is -2.91. The normalized spacial score (nSPS) is 19.8. The van der Waals surface area contributed by atoms with Crippen molar-refractivity contribution >= 4 is 17.8 Å². The van der Waals surface area contributed by atoms with Crippen LogP contribution in [0.15, 0.2) is 78.0 Å². The van der Waals surface area contributed by atoms with E-state index < -0.39 is 6.29 Å². The van der Waals surface area contributed by atoms with Crippen LogP contribution >= 0.6 is 11.8 Å². The molecule has 0 bridgehead atoms. The molecule has 4 rings (SSSR count). The van der Waals surface area contributed by atoms with Crippen molar-refractivity contribution in [2.24, 2.45) is 0 Å². The van der Waals surface area contributed by atoms with Crippen molar-refractivity contribution in [2.75, 3.05) is 12.3 Å². The third kappa shape index (κ3) is 7.29. The van der Waals surface area contributed by atoms with Gasteiger partial charge in [0.05, 0.1) is 23.8 Å². The van der Waals surface area contributed by atoms with Crippen LogP contribution in [-0.4, -0.2) is 34.5 Å². The minimum absolute atomic E-state index is 0.0161. The predicted octanol–water partition coefficient (Wildman–Crippen LogP) is 4.73. The Morgan fingerprint density at radius 3 is 2.43 bits per heavy atom. The fourth-order valence-electron chi connectivity index (χ4n) is 3.83. The number of amides is 2. The smallest absolute Gasteiger partial charge is 0.315 e. The molecular formula is C27H31N3O4S. The number of nitrogens with zero attached hydrogens (tertiary/aromatic N) is 1. The van der Waals surface area contributed by atoms with E-state index in [4.69, 9.17) is 9.47 Å². The average molecular weight is 494 g/mol. The Kier molecular flexibility index (Phi) is 9.14. The number of carbonyl (C=O) groups excluding carboxylic acids is 1. The van der Waals surface area contributed by atoms with Gasteiger partial charge in [0.2, 0.25) is 0 Å². The van der Waals surface area contributed by atoms with Crippen LogP contribution in [0.5, 0.6) is 0 Å². The van der Waals surface area contributed by atoms with Gasteiger partial charge in [0.15, 0.2) is 6.29 Å². The quantitative estimate of drug-likeness (QED) is 0.373. The molecule has 1 saturated heterocycles. The molecule has 0 spiro atoms. The molecule has 35 heavy (non-hydrogen) atoms. The minimum atomic E-state index is -0.508. The van der Waals surface area contributed by atoms with Crippen molar-refractivity contribution < 1.29 is 19.4 Å². The fraction of sp³-hybridized carbons (Fsp3) is 0.333. The van der Waals surface area contributed by atoms with Gasteiger partial charge >= 0.3 is 6.03 Å². The maximum atomic E-state index is 11.7. The van der Waals surface area contributed by atoms with Crippen LogP contribution in [0.25, 0.3) is 0 Å². The topological polar surface area (TPSA) is 92.7 Å². The molecule has 3 atom stereocenters. The van der Waals surface area contributed by atoms with Gasteiger partial charge in [-0.15, -0.1) is 11.8 Å². The zero-order chi connectivity index (χ0) is 24.5. The summed E-state index contributed by atoms with van der Waals surface area (Å²) in [6.07, 6.45) is 1.86. The summed E-state index contributed by atoms with van der Waals surface area (Å²) in [7, 11) is 0. The molecule has 2 aromatic carbocycles. The molecule has 7 nitrogen and oxygen atoms in total. The lowest BCUT2D eigenvalue weighted by Crippen LogP contribution is -2.34. The van der Waals surface area contributed by atoms with E-state index in [2.05, 4.69) is 15.6 Å². The van der Waals surface area contributed by atoms with Gasteiger partial charge in [0.1, 0.15) is 0 Å². The zero-order valence-electron chi connectivity index (χ0n) is 19.7. The Balaban J connectivity index is 1.46. The summed E-state index contributed by atoms with van der Waals surface area (Å²) in [6, 6.07) is 21.5. The summed E-state index contributed by atoms with van der Waals surface area (Å²) in [6.45, 7) is 2.93. The van der Waals surface area contributed by atoms with E-state index in [-0.39, 0.29) is 24.8 Å². The van der Waals surface area contributed by atoms with E-state index in [1.807, 2.05) is 73.7 Å². The molecule has 2 heterocycles. The number of pyridine rings is 1. The predicted molar refractivity (Wildman–Crippen MR) is 136 cm³/mol. The van der Waals surface area contributed by atoms with Gasteiger partial charge in [-0.25, -0.2) is 9.78 Å². The maximum Gasteiger partial charge on any atom is 0.315 e. The van der Waals surface area contributed by atoms with Gasteiger partial charge in [0.25, 0.3) is 0 Å². The number of ether oxygens (including phenoxy) is 2. The van der Waals surface area contributed by atoms with Crippen LogP contribution in [0.2, 0.25) is 0 Å². The van der Waals surface area contributed by atoms with Crippen LogP contribution in [0.3, 0.4) is 0 Å². The van der Waals surface area contributed by atoms with Crippen molar-refractivity contribution in [1.82, 2.24) is 15.6 Å². The number of hydrogen-bond acceptors (Lipinski definition) is 6. The molecule has 0 aliphatic carbocycles. The number of aliphatic hydroxyl groups excluding tert-OH is 1. The van der Waals surface area contributed by atoms with Crippen LogP contribution in [0.4, 0.5) is 4.79 Å². The van der Waals surface area contributed by atoms with Crippen molar-refractivity contribution in [3.8, 4) is 0 Å². The molecule has 2 amide bonds. The van der Waals surface area contributed by atoms with E-state index in [9.17, 15) is 9.90 Å². The van der Waals surface area contributed by atoms with E-state index in [1.54, 1.807) is 18.0 Å². The second kappa shape index (κ2) is 12.7. The number of aromatic nitrogens is 1. The summed E-state index contributed by atoms with van der Waals surface area (Å²) in [5.74, 6) is 0.761. The first-order valence-electron chi connectivity index (χ1n) is 11.8. The third-order valence-electron chi connectivity index (χ3n) is 5.71. The number of rotatable bonds is 9. The highest BCUT2D eigenvalue weighted by atomic mass is 32.2. The Morgan fingerprint density at radius 1 is 1.00 bits per heavy atom. The molecule has 1 aliphatic heterocycles. The molecule has 1 fully saturated rings. The largest absolute Gasteiger partial charge is 0.392 e. The average Bonchev–Trinajstić information content (AvgIpc) is 2.92. The van der Waals surface area contributed by atoms with Gasteiger partial charge in [-0.3, -0.25) is 0 Å². The number of nitrogens with one attached hydrogen (secondary N) is 2. The first kappa shape index (κ1) is 25.2. The summed E-state index contributed by atoms with van der Waals surface area (Å²) in [4.78, 5) is 16.1. The molecule has 8 heteroatoms. The highest BCUT2D eigenvalue weighted by Crippen LogP contribution is 2.39. The van der Waals surface area contributed by atoms with Gasteiger partial charge in [-0.2, -0.15) is 0 Å². The summed E-state index contributed by atoms with van der Waals surface area (Å²) >= 11 is 1.67. The van der Waals surface area contributed by atoms with Gasteiger partial charge in [-0.05, 0) is 35.7 Å². The number of urea groups is 1. The molecule has 1 aliphatic rings. The van der Waals surface area contributed by atoms with E-state index in [0.29, 0.717) is 13.1 Å². The molecule has 3 N–H and O–H groups in total. The van der Waals surface area contributed by atoms with Crippen LogP contribution in [-0.2, 0) is 22.6 Å². The highest BCUT2D eigenvalue weighted by Gasteiger charge is 2.32. The molecule has 3 aromatic rings. The van der Waals surface area contributed by atoms with E-state index in [0.717, 1.165) is 39.5 Å². The molecule has 1 unspecified atom stereocenters. The Morgan fingerprint density at radius 2 is 1.74 bits per heavy atom. The lowest BCUT2D eigenvalue weighted by molar-refractivity contribution is -0.245. The standard InChI is InChI=1S/C27H31N3O4S/c1-2-28-27(32)30-16-19-6-12-22(13-7-19)26-33-23(18-35-25-5-3-4-14-29-25)15-24(34-26)21-10-8-20(17-31)9-11-21/h3-14,23-24,26,31H,2,15-18H2,1H3,(H2,28,30,32)/t23-,24+,26?/m0/s1. The molecular weight excluding hydrogens is 462 g/mol. The second-order valence-corrected chi connectivity index (χ2v) is 9.32. The summed E-state index contributed by atoms with van der Waals surface area (Å²) in [5.41, 5.74) is 3.85. The first-order chi connectivity index (χ1) is 17.1. The van der Waals surface area contributed by atoms with E-state index >= 15 is 0 Å². The zero-order valence-corrected chi connectivity index (χ0v) is 20.5.